The zero-order chi connectivity index (χ0) is 29.1. The van der Waals surface area contributed by atoms with Crippen LogP contribution in [0.2, 0.25) is 0 Å². The lowest BCUT2D eigenvalue weighted by atomic mass is 9.93. The third kappa shape index (κ3) is 5.45. The number of benzene rings is 3. The highest BCUT2D eigenvalue weighted by molar-refractivity contribution is 9.10. The van der Waals surface area contributed by atoms with Crippen LogP contribution in [-0.4, -0.2) is 38.5 Å². The molecule has 210 valence electrons. The number of nitrogens with zero attached hydrogens (tertiary/aromatic N) is 2. The van der Waals surface area contributed by atoms with E-state index in [4.69, 9.17) is 23.9 Å². The van der Waals surface area contributed by atoms with Gasteiger partial charge in [0.25, 0.3) is 5.56 Å². The summed E-state index contributed by atoms with van der Waals surface area (Å²) in [5, 5.41) is 0. The van der Waals surface area contributed by atoms with Gasteiger partial charge in [0.2, 0.25) is 0 Å². The Bertz CT molecular complexity index is 1830. The number of carbonyl (C=O) groups excluding carboxylic acids is 1. The molecule has 10 heteroatoms. The van der Waals surface area contributed by atoms with Crippen molar-refractivity contribution in [1.29, 1.82) is 0 Å². The van der Waals surface area contributed by atoms with Crippen LogP contribution in [-0.2, 0) is 9.53 Å². The van der Waals surface area contributed by atoms with Gasteiger partial charge in [-0.3, -0.25) is 9.36 Å². The summed E-state index contributed by atoms with van der Waals surface area (Å²) in [5.74, 6) is 1.13. The quantitative estimate of drug-likeness (QED) is 0.261. The number of methoxy groups -OCH3 is 3. The molecule has 8 nitrogen and oxygen atoms in total. The number of hydrogen-bond acceptors (Lipinski definition) is 8. The Morgan fingerprint density at radius 3 is 2.34 bits per heavy atom. The molecule has 0 amide bonds. The SMILES string of the molecule is CCOC(=O)C1=C(c2ccccc2)N=c2s/c(=C\c3ccc(OC)c(Br)c3)c(=O)n2C1c1ccc(OC)c(OC)c1. The number of ether oxygens (including phenoxy) is 4. The standard InChI is InChI=1S/C31H27BrN2O6S/c1-5-40-30(36)26-27(19-9-7-6-8-10-19)33-31-34(28(26)20-12-14-23(38-3)24(17-20)39-4)29(35)25(41-31)16-18-11-13-22(37-2)21(32)15-18/h6-17,28H,5H2,1-4H3/b25-16-. The molecule has 0 fully saturated rings. The topological polar surface area (TPSA) is 88.4 Å². The van der Waals surface area contributed by atoms with Crippen LogP contribution >= 0.6 is 27.3 Å². The lowest BCUT2D eigenvalue weighted by Crippen LogP contribution is -2.40. The fourth-order valence-electron chi connectivity index (χ4n) is 4.70. The molecule has 41 heavy (non-hydrogen) atoms. The van der Waals surface area contributed by atoms with Gasteiger partial charge in [0.15, 0.2) is 16.3 Å². The zero-order valence-electron chi connectivity index (χ0n) is 22.8. The van der Waals surface area contributed by atoms with Gasteiger partial charge in [0.05, 0.1) is 54.3 Å². The predicted molar refractivity (Wildman–Crippen MR) is 161 cm³/mol. The predicted octanol–water partition coefficient (Wildman–Crippen LogP) is 4.72. The smallest absolute Gasteiger partial charge is 0.338 e. The van der Waals surface area contributed by atoms with Crippen LogP contribution in [0.25, 0.3) is 11.8 Å². The Morgan fingerprint density at radius 1 is 0.976 bits per heavy atom. The van der Waals surface area contributed by atoms with Crippen LogP contribution in [0, 0.1) is 0 Å². The van der Waals surface area contributed by atoms with Gasteiger partial charge in [0, 0.05) is 5.56 Å². The van der Waals surface area contributed by atoms with Gasteiger partial charge in [-0.1, -0.05) is 53.8 Å². The van der Waals surface area contributed by atoms with E-state index < -0.39 is 12.0 Å². The average Bonchev–Trinajstić information content (AvgIpc) is 3.30. The number of halogens is 1. The first kappa shape index (κ1) is 28.4. The fourth-order valence-corrected chi connectivity index (χ4v) is 6.26. The maximum Gasteiger partial charge on any atom is 0.338 e. The Kier molecular flexibility index (Phi) is 8.41. The van der Waals surface area contributed by atoms with E-state index in [1.807, 2.05) is 54.6 Å². The first-order valence-electron chi connectivity index (χ1n) is 12.7. The van der Waals surface area contributed by atoms with Gasteiger partial charge in [-0.15, -0.1) is 0 Å². The molecule has 0 radical (unpaired) electrons. The molecule has 0 saturated heterocycles. The summed E-state index contributed by atoms with van der Waals surface area (Å²) in [6.45, 7) is 1.91. The summed E-state index contributed by atoms with van der Waals surface area (Å²) in [5.41, 5.74) is 2.61. The van der Waals surface area contributed by atoms with Crippen LogP contribution in [0.1, 0.15) is 29.7 Å². The minimum absolute atomic E-state index is 0.166. The largest absolute Gasteiger partial charge is 0.496 e. The summed E-state index contributed by atoms with van der Waals surface area (Å²) in [6, 6.07) is 19.5. The van der Waals surface area contributed by atoms with Gasteiger partial charge >= 0.3 is 5.97 Å². The van der Waals surface area contributed by atoms with Crippen molar-refractivity contribution in [3.8, 4) is 17.2 Å². The van der Waals surface area contributed by atoms with E-state index in [0.717, 1.165) is 15.6 Å². The second-order valence-electron chi connectivity index (χ2n) is 8.94. The van der Waals surface area contributed by atoms with Crippen molar-refractivity contribution in [1.82, 2.24) is 4.57 Å². The zero-order valence-corrected chi connectivity index (χ0v) is 25.2. The van der Waals surface area contributed by atoms with E-state index in [1.165, 1.54) is 18.4 Å². The first-order chi connectivity index (χ1) is 19.9. The van der Waals surface area contributed by atoms with E-state index in [2.05, 4.69) is 15.9 Å². The highest BCUT2D eigenvalue weighted by Gasteiger charge is 2.35. The highest BCUT2D eigenvalue weighted by Crippen LogP contribution is 2.38. The molecule has 2 heterocycles. The molecule has 1 aromatic heterocycles. The Balaban J connectivity index is 1.82. The molecular formula is C31H27BrN2O6S. The minimum Gasteiger partial charge on any atom is -0.496 e. The molecule has 3 aromatic carbocycles. The number of carbonyl (C=O) groups is 1. The molecule has 1 aliphatic heterocycles. The van der Waals surface area contributed by atoms with E-state index >= 15 is 0 Å². The molecule has 4 aromatic rings. The Morgan fingerprint density at radius 2 is 1.68 bits per heavy atom. The first-order valence-corrected chi connectivity index (χ1v) is 14.3. The molecule has 0 bridgehead atoms. The number of rotatable bonds is 8. The second kappa shape index (κ2) is 12.2. The highest BCUT2D eigenvalue weighted by atomic mass is 79.9. The van der Waals surface area contributed by atoms with Crippen LogP contribution < -0.4 is 29.1 Å². The molecule has 1 aliphatic rings. The van der Waals surface area contributed by atoms with Gasteiger partial charge in [-0.25, -0.2) is 9.79 Å². The summed E-state index contributed by atoms with van der Waals surface area (Å²) in [7, 11) is 4.69. The molecule has 0 spiro atoms. The van der Waals surface area contributed by atoms with Crippen molar-refractivity contribution in [2.75, 3.05) is 27.9 Å². The van der Waals surface area contributed by atoms with Crippen molar-refractivity contribution < 1.29 is 23.7 Å². The summed E-state index contributed by atoms with van der Waals surface area (Å²) >= 11 is 4.76. The van der Waals surface area contributed by atoms with Crippen molar-refractivity contribution in [3.63, 3.8) is 0 Å². The third-order valence-electron chi connectivity index (χ3n) is 6.57. The average molecular weight is 636 g/mol. The van der Waals surface area contributed by atoms with E-state index in [1.54, 1.807) is 43.9 Å². The summed E-state index contributed by atoms with van der Waals surface area (Å²) in [6.07, 6.45) is 1.80. The maximum atomic E-state index is 14.1. The Labute approximate surface area is 248 Å². The van der Waals surface area contributed by atoms with Gasteiger partial charge in [0.1, 0.15) is 5.75 Å². The minimum atomic E-state index is -0.829. The Hall–Kier alpha value is -4.15. The lowest BCUT2D eigenvalue weighted by Gasteiger charge is -2.26. The van der Waals surface area contributed by atoms with Crippen LogP contribution in [0.3, 0.4) is 0 Å². The van der Waals surface area contributed by atoms with Gasteiger partial charge in [-0.05, 0) is 64.3 Å². The van der Waals surface area contributed by atoms with Crippen LogP contribution in [0.5, 0.6) is 17.2 Å². The lowest BCUT2D eigenvalue weighted by molar-refractivity contribution is -0.138. The molecule has 1 unspecified atom stereocenters. The third-order valence-corrected chi connectivity index (χ3v) is 8.17. The van der Waals surface area contributed by atoms with Gasteiger partial charge in [-0.2, -0.15) is 0 Å². The van der Waals surface area contributed by atoms with E-state index in [-0.39, 0.29) is 17.7 Å². The number of esters is 1. The number of fused-ring (bicyclic) bond motifs is 1. The molecule has 1 atom stereocenters. The van der Waals surface area contributed by atoms with E-state index in [0.29, 0.717) is 37.8 Å². The molecule has 0 aliphatic carbocycles. The molecule has 5 rings (SSSR count). The monoisotopic (exact) mass is 634 g/mol. The normalized spacial score (nSPS) is 14.8. The van der Waals surface area contributed by atoms with Gasteiger partial charge < -0.3 is 18.9 Å². The summed E-state index contributed by atoms with van der Waals surface area (Å²) in [4.78, 5) is 33.0. The van der Waals surface area contributed by atoms with Crippen LogP contribution in [0.4, 0.5) is 0 Å². The fraction of sp³-hybridized carbons (Fsp3) is 0.194. The molecule has 0 N–H and O–H groups in total. The van der Waals surface area contributed by atoms with Crippen LogP contribution in [0.15, 0.2) is 86.6 Å². The van der Waals surface area contributed by atoms with Crippen molar-refractivity contribution >= 4 is 45.0 Å². The molecule has 0 saturated carbocycles. The van der Waals surface area contributed by atoms with Crippen molar-refractivity contribution in [2.24, 2.45) is 4.99 Å². The number of aromatic nitrogens is 1. The maximum absolute atomic E-state index is 14.1. The second-order valence-corrected chi connectivity index (χ2v) is 10.8. The van der Waals surface area contributed by atoms with Crippen molar-refractivity contribution in [3.05, 3.63) is 113 Å². The summed E-state index contributed by atoms with van der Waals surface area (Å²) < 4.78 is 24.7. The van der Waals surface area contributed by atoms with E-state index in [9.17, 15) is 9.59 Å². The molecular weight excluding hydrogens is 608 g/mol. The number of hydrogen-bond donors (Lipinski definition) is 0. The number of thiazole rings is 1. The van der Waals surface area contributed by atoms with Crippen molar-refractivity contribution in [2.45, 2.75) is 13.0 Å².